The molecular weight excluding hydrogens is 236 g/mol. The molecule has 0 bridgehead atoms. The molecule has 0 aromatic heterocycles. The third-order valence-electron chi connectivity index (χ3n) is 4.01. The van der Waals surface area contributed by atoms with Crippen molar-refractivity contribution in [3.8, 4) is 0 Å². The van der Waals surface area contributed by atoms with Crippen molar-refractivity contribution in [2.75, 3.05) is 33.7 Å². The second-order valence-corrected chi connectivity index (χ2v) is 5.75. The normalized spacial score (nSPS) is 20.1. The number of hydrogen-bond acceptors (Lipinski definition) is 3. The summed E-state index contributed by atoms with van der Waals surface area (Å²) >= 11 is 0. The Morgan fingerprint density at radius 1 is 1.32 bits per heavy atom. The zero-order valence-corrected chi connectivity index (χ0v) is 12.2. The summed E-state index contributed by atoms with van der Waals surface area (Å²) in [6.07, 6.45) is 1.84. The van der Waals surface area contributed by atoms with Crippen molar-refractivity contribution in [3.63, 3.8) is 0 Å². The van der Waals surface area contributed by atoms with Crippen molar-refractivity contribution in [2.24, 2.45) is 0 Å². The Morgan fingerprint density at radius 2 is 2.00 bits per heavy atom. The fraction of sp³-hybridized carbons (Fsp3) is 0.562. The van der Waals surface area contributed by atoms with E-state index in [2.05, 4.69) is 23.9 Å². The lowest BCUT2D eigenvalue weighted by Crippen LogP contribution is -2.32. The van der Waals surface area contributed by atoms with Crippen LogP contribution in [0.1, 0.15) is 28.8 Å². The van der Waals surface area contributed by atoms with Crippen LogP contribution in [0.5, 0.6) is 0 Å². The molecule has 1 aliphatic heterocycles. The van der Waals surface area contributed by atoms with Gasteiger partial charge < -0.3 is 9.80 Å². The van der Waals surface area contributed by atoms with Gasteiger partial charge in [0.15, 0.2) is 5.78 Å². The first-order valence-corrected chi connectivity index (χ1v) is 7.05. The van der Waals surface area contributed by atoms with Gasteiger partial charge in [0.25, 0.3) is 0 Å². The van der Waals surface area contributed by atoms with E-state index in [0.717, 1.165) is 25.2 Å². The molecule has 2 rings (SSSR count). The zero-order valence-electron chi connectivity index (χ0n) is 12.2. The van der Waals surface area contributed by atoms with E-state index in [1.165, 1.54) is 12.0 Å². The maximum absolute atomic E-state index is 12.1. The smallest absolute Gasteiger partial charge is 0.164 e. The van der Waals surface area contributed by atoms with Gasteiger partial charge in [-0.3, -0.25) is 4.79 Å². The van der Waals surface area contributed by atoms with Crippen molar-refractivity contribution in [1.29, 1.82) is 0 Å². The Labute approximate surface area is 116 Å². The first kappa shape index (κ1) is 14.2. The van der Waals surface area contributed by atoms with E-state index in [9.17, 15) is 4.79 Å². The average Bonchev–Trinajstić information content (AvgIpc) is 2.86. The van der Waals surface area contributed by atoms with Crippen molar-refractivity contribution >= 4 is 5.78 Å². The molecule has 1 atom stereocenters. The van der Waals surface area contributed by atoms with Gasteiger partial charge in [0, 0.05) is 31.1 Å². The third kappa shape index (κ3) is 3.88. The number of likely N-dealkylation sites (tertiary alicyclic amines) is 1. The lowest BCUT2D eigenvalue weighted by atomic mass is 10.1. The lowest BCUT2D eigenvalue weighted by molar-refractivity contribution is 0.0967. The van der Waals surface area contributed by atoms with E-state index in [1.807, 2.05) is 31.2 Å². The summed E-state index contributed by atoms with van der Waals surface area (Å²) in [6.45, 7) is 5.13. The Bertz CT molecular complexity index is 425. The molecule has 1 heterocycles. The molecule has 3 nitrogen and oxygen atoms in total. The first-order valence-electron chi connectivity index (χ1n) is 7.05. The van der Waals surface area contributed by atoms with Crippen molar-refractivity contribution in [3.05, 3.63) is 35.4 Å². The number of likely N-dealkylation sites (N-methyl/N-ethyl adjacent to an activating group) is 1. The van der Waals surface area contributed by atoms with Crippen molar-refractivity contribution in [2.45, 2.75) is 25.8 Å². The van der Waals surface area contributed by atoms with E-state index < -0.39 is 0 Å². The summed E-state index contributed by atoms with van der Waals surface area (Å²) in [5.74, 6) is 0.258. The van der Waals surface area contributed by atoms with E-state index >= 15 is 0 Å². The molecule has 0 spiro atoms. The summed E-state index contributed by atoms with van der Waals surface area (Å²) in [5, 5.41) is 0. The molecular formula is C16H24N2O. The van der Waals surface area contributed by atoms with Crippen LogP contribution in [0, 0.1) is 6.92 Å². The average molecular weight is 260 g/mol. The van der Waals surface area contributed by atoms with E-state index in [1.54, 1.807) is 0 Å². The molecule has 0 N–H and O–H groups in total. The molecule has 0 amide bonds. The Morgan fingerprint density at radius 3 is 2.58 bits per heavy atom. The van der Waals surface area contributed by atoms with Gasteiger partial charge in [-0.25, -0.2) is 0 Å². The van der Waals surface area contributed by atoms with Crippen LogP contribution < -0.4 is 0 Å². The van der Waals surface area contributed by atoms with Crippen LogP contribution in [0.3, 0.4) is 0 Å². The summed E-state index contributed by atoms with van der Waals surface area (Å²) in [6, 6.07) is 8.53. The molecule has 3 heteroatoms. The largest absolute Gasteiger partial charge is 0.305 e. The monoisotopic (exact) mass is 260 g/mol. The maximum atomic E-state index is 12.1. The molecule has 1 fully saturated rings. The minimum Gasteiger partial charge on any atom is -0.305 e. The van der Waals surface area contributed by atoms with Gasteiger partial charge in [-0.05, 0) is 34.0 Å². The fourth-order valence-corrected chi connectivity index (χ4v) is 2.58. The molecule has 1 aromatic rings. The SMILES string of the molecule is Cc1ccc(C(=O)CCN2CCC(N(C)C)C2)cc1. The molecule has 1 aromatic carbocycles. The highest BCUT2D eigenvalue weighted by Crippen LogP contribution is 2.14. The van der Waals surface area contributed by atoms with Gasteiger partial charge >= 0.3 is 0 Å². The number of Topliss-reactive ketones (excluding diaryl/α,β-unsaturated/α-hetero) is 1. The summed E-state index contributed by atoms with van der Waals surface area (Å²) in [4.78, 5) is 16.8. The van der Waals surface area contributed by atoms with Crippen LogP contribution in [0.4, 0.5) is 0 Å². The molecule has 0 saturated carbocycles. The zero-order chi connectivity index (χ0) is 13.8. The molecule has 0 aliphatic carbocycles. The standard InChI is InChI=1S/C16H24N2O/c1-13-4-6-14(7-5-13)16(19)9-11-18-10-8-15(12-18)17(2)3/h4-7,15H,8-12H2,1-3H3. The van der Waals surface area contributed by atoms with E-state index in [4.69, 9.17) is 0 Å². The Balaban J connectivity index is 1.80. The van der Waals surface area contributed by atoms with Gasteiger partial charge in [-0.15, -0.1) is 0 Å². The van der Waals surface area contributed by atoms with Crippen LogP contribution in [-0.4, -0.2) is 55.4 Å². The molecule has 104 valence electrons. The predicted molar refractivity (Wildman–Crippen MR) is 78.7 cm³/mol. The topological polar surface area (TPSA) is 23.6 Å². The van der Waals surface area contributed by atoms with Crippen LogP contribution >= 0.6 is 0 Å². The number of carbonyl (C=O) groups is 1. The Kier molecular flexibility index (Phi) is 4.72. The number of hydrogen-bond donors (Lipinski definition) is 0. The van der Waals surface area contributed by atoms with Crippen molar-refractivity contribution in [1.82, 2.24) is 9.80 Å². The van der Waals surface area contributed by atoms with Gasteiger partial charge in [0.1, 0.15) is 0 Å². The van der Waals surface area contributed by atoms with Crippen LogP contribution in [0.25, 0.3) is 0 Å². The van der Waals surface area contributed by atoms with Gasteiger partial charge in [-0.1, -0.05) is 29.8 Å². The first-order chi connectivity index (χ1) is 9.06. The summed E-state index contributed by atoms with van der Waals surface area (Å²) in [7, 11) is 4.26. The van der Waals surface area contributed by atoms with Gasteiger partial charge in [0.2, 0.25) is 0 Å². The Hall–Kier alpha value is -1.19. The second-order valence-electron chi connectivity index (χ2n) is 5.75. The highest BCUT2D eigenvalue weighted by molar-refractivity contribution is 5.96. The lowest BCUT2D eigenvalue weighted by Gasteiger charge is -2.20. The number of rotatable bonds is 5. The summed E-state index contributed by atoms with van der Waals surface area (Å²) in [5.41, 5.74) is 2.04. The highest BCUT2D eigenvalue weighted by atomic mass is 16.1. The van der Waals surface area contributed by atoms with E-state index in [-0.39, 0.29) is 5.78 Å². The van der Waals surface area contributed by atoms with Crippen LogP contribution in [-0.2, 0) is 0 Å². The van der Waals surface area contributed by atoms with E-state index in [0.29, 0.717) is 12.5 Å². The third-order valence-corrected chi connectivity index (χ3v) is 4.01. The van der Waals surface area contributed by atoms with Crippen molar-refractivity contribution < 1.29 is 4.79 Å². The van der Waals surface area contributed by atoms with Crippen LogP contribution in [0.15, 0.2) is 24.3 Å². The second kappa shape index (κ2) is 6.31. The molecule has 1 aliphatic rings. The molecule has 1 unspecified atom stereocenters. The molecule has 19 heavy (non-hydrogen) atoms. The minimum absolute atomic E-state index is 0.258. The van der Waals surface area contributed by atoms with Gasteiger partial charge in [0.05, 0.1) is 0 Å². The summed E-state index contributed by atoms with van der Waals surface area (Å²) < 4.78 is 0. The van der Waals surface area contributed by atoms with Crippen LogP contribution in [0.2, 0.25) is 0 Å². The number of carbonyl (C=O) groups excluding carboxylic acids is 1. The number of aryl methyl sites for hydroxylation is 1. The number of benzene rings is 1. The minimum atomic E-state index is 0.258. The predicted octanol–water partition coefficient (Wildman–Crippen LogP) is 2.20. The molecule has 0 radical (unpaired) electrons. The maximum Gasteiger partial charge on any atom is 0.164 e. The number of nitrogens with zero attached hydrogens (tertiary/aromatic N) is 2. The van der Waals surface area contributed by atoms with Gasteiger partial charge in [-0.2, -0.15) is 0 Å². The number of ketones is 1. The quantitative estimate of drug-likeness (QED) is 0.758. The highest BCUT2D eigenvalue weighted by Gasteiger charge is 2.23. The fourth-order valence-electron chi connectivity index (χ4n) is 2.58. The molecule has 1 saturated heterocycles.